The Morgan fingerprint density at radius 1 is 1.10 bits per heavy atom. The Hall–Kier alpha value is -3.10. The van der Waals surface area contributed by atoms with E-state index in [1.165, 1.54) is 7.11 Å². The summed E-state index contributed by atoms with van der Waals surface area (Å²) in [7, 11) is 1.45. The second-order valence-corrected chi connectivity index (χ2v) is 8.17. The van der Waals surface area contributed by atoms with Crippen molar-refractivity contribution in [2.45, 2.75) is 0 Å². The molecule has 1 N–H and O–H groups in total. The van der Waals surface area contributed by atoms with Crippen molar-refractivity contribution < 1.29 is 23.9 Å². The van der Waals surface area contributed by atoms with Gasteiger partial charge in [-0.2, -0.15) is 0 Å². The third-order valence-electron chi connectivity index (χ3n) is 4.40. The number of carbonyl (C=O) groups excluding carboxylic acids is 3. The number of amides is 2. The zero-order chi connectivity index (χ0) is 21.3. The van der Waals surface area contributed by atoms with E-state index in [0.29, 0.717) is 21.3 Å². The van der Waals surface area contributed by atoms with Crippen LogP contribution in [0.2, 0.25) is 0 Å². The van der Waals surface area contributed by atoms with Crippen LogP contribution in [-0.4, -0.2) is 24.2 Å². The Morgan fingerprint density at radius 3 is 2.60 bits per heavy atom. The first-order valence-electron chi connectivity index (χ1n) is 8.78. The van der Waals surface area contributed by atoms with Gasteiger partial charge >= 0.3 is 5.97 Å². The van der Waals surface area contributed by atoms with Crippen LogP contribution < -0.4 is 14.8 Å². The Morgan fingerprint density at radius 2 is 1.87 bits per heavy atom. The van der Waals surface area contributed by atoms with E-state index in [1.807, 2.05) is 30.3 Å². The lowest BCUT2D eigenvalue weighted by Crippen LogP contribution is -2.17. The molecule has 0 unspecified atom stereocenters. The monoisotopic (exact) mass is 483 g/mol. The van der Waals surface area contributed by atoms with Gasteiger partial charge in [0.1, 0.15) is 0 Å². The summed E-state index contributed by atoms with van der Waals surface area (Å²) in [4.78, 5) is 36.3. The Labute approximate surface area is 184 Å². The van der Waals surface area contributed by atoms with Gasteiger partial charge in [0.2, 0.25) is 0 Å². The largest absolute Gasteiger partial charge is 0.493 e. The van der Waals surface area contributed by atoms with Gasteiger partial charge in [0, 0.05) is 0 Å². The lowest BCUT2D eigenvalue weighted by molar-refractivity contribution is -0.115. The summed E-state index contributed by atoms with van der Waals surface area (Å²) in [6.07, 6.45) is 1.56. The number of methoxy groups -OCH3 is 1. The van der Waals surface area contributed by atoms with Crippen molar-refractivity contribution in [1.29, 1.82) is 0 Å². The highest BCUT2D eigenvalue weighted by Gasteiger charge is 2.25. The zero-order valence-corrected chi connectivity index (χ0v) is 18.0. The molecule has 4 rings (SSSR count). The predicted molar refractivity (Wildman–Crippen MR) is 119 cm³/mol. The quantitative estimate of drug-likeness (QED) is 0.313. The summed E-state index contributed by atoms with van der Waals surface area (Å²) in [5, 5.41) is 3.51. The maximum absolute atomic E-state index is 12.9. The van der Waals surface area contributed by atoms with Crippen LogP contribution in [0.15, 0.2) is 64.0 Å². The van der Waals surface area contributed by atoms with E-state index in [2.05, 4.69) is 21.2 Å². The molecule has 8 heteroatoms. The van der Waals surface area contributed by atoms with Crippen molar-refractivity contribution in [3.63, 3.8) is 0 Å². The van der Waals surface area contributed by atoms with E-state index in [1.54, 1.807) is 30.3 Å². The first-order chi connectivity index (χ1) is 14.5. The second kappa shape index (κ2) is 8.33. The minimum Gasteiger partial charge on any atom is -0.493 e. The van der Waals surface area contributed by atoms with Crippen molar-refractivity contribution in [2.75, 3.05) is 7.11 Å². The second-order valence-electron chi connectivity index (χ2n) is 6.30. The fraction of sp³-hybridized carbons (Fsp3) is 0.0455. The third kappa shape index (κ3) is 3.96. The minimum absolute atomic E-state index is 0.220. The van der Waals surface area contributed by atoms with E-state index in [0.717, 1.165) is 22.5 Å². The number of nitrogens with one attached hydrogen (secondary N) is 1. The van der Waals surface area contributed by atoms with Crippen LogP contribution in [0.3, 0.4) is 0 Å². The van der Waals surface area contributed by atoms with E-state index >= 15 is 0 Å². The summed E-state index contributed by atoms with van der Waals surface area (Å²) >= 11 is 4.23. The van der Waals surface area contributed by atoms with Crippen LogP contribution in [0.4, 0.5) is 4.79 Å². The molecule has 1 aliphatic rings. The van der Waals surface area contributed by atoms with Crippen molar-refractivity contribution in [3.8, 4) is 11.5 Å². The number of halogens is 1. The highest BCUT2D eigenvalue weighted by Crippen LogP contribution is 2.39. The number of esters is 1. The topological polar surface area (TPSA) is 81.7 Å². The fourth-order valence-corrected chi connectivity index (χ4v) is 4.27. The molecular weight excluding hydrogens is 470 g/mol. The molecule has 1 aliphatic heterocycles. The molecule has 0 atom stereocenters. The van der Waals surface area contributed by atoms with Crippen LogP contribution in [0, 0.1) is 0 Å². The number of imide groups is 1. The summed E-state index contributed by atoms with van der Waals surface area (Å²) < 4.78 is 11.5. The van der Waals surface area contributed by atoms with Gasteiger partial charge in [-0.05, 0) is 68.3 Å². The number of hydrogen-bond donors (Lipinski definition) is 1. The molecule has 0 saturated carbocycles. The fourth-order valence-electron chi connectivity index (χ4n) is 3.05. The average Bonchev–Trinajstić information content (AvgIpc) is 3.05. The van der Waals surface area contributed by atoms with E-state index < -0.39 is 17.1 Å². The molecule has 30 heavy (non-hydrogen) atoms. The maximum atomic E-state index is 12.9. The molecule has 1 heterocycles. The molecule has 0 spiro atoms. The van der Waals surface area contributed by atoms with Gasteiger partial charge in [-0.3, -0.25) is 14.9 Å². The number of carbonyl (C=O) groups is 3. The molecule has 2 amide bonds. The number of rotatable bonds is 4. The van der Waals surface area contributed by atoms with Gasteiger partial charge in [0.25, 0.3) is 11.1 Å². The van der Waals surface area contributed by atoms with Crippen molar-refractivity contribution in [3.05, 3.63) is 75.1 Å². The molecule has 6 nitrogen and oxygen atoms in total. The summed E-state index contributed by atoms with van der Waals surface area (Å²) in [6.45, 7) is 0. The summed E-state index contributed by atoms with van der Waals surface area (Å²) in [5.74, 6) is -0.448. The number of ether oxygens (including phenoxy) is 2. The van der Waals surface area contributed by atoms with E-state index in [4.69, 9.17) is 9.47 Å². The highest BCUT2D eigenvalue weighted by molar-refractivity contribution is 9.10. The third-order valence-corrected chi connectivity index (χ3v) is 5.80. The van der Waals surface area contributed by atoms with Gasteiger partial charge in [-0.1, -0.05) is 36.4 Å². The Kier molecular flexibility index (Phi) is 5.61. The Balaban J connectivity index is 1.67. The van der Waals surface area contributed by atoms with Crippen molar-refractivity contribution >= 4 is 61.7 Å². The number of fused-ring (bicyclic) bond motifs is 1. The van der Waals surface area contributed by atoms with Crippen LogP contribution >= 0.6 is 27.7 Å². The van der Waals surface area contributed by atoms with Gasteiger partial charge in [0.05, 0.1) is 22.1 Å². The Bertz CT molecular complexity index is 1230. The van der Waals surface area contributed by atoms with Crippen LogP contribution in [0.1, 0.15) is 15.9 Å². The molecule has 1 fully saturated rings. The van der Waals surface area contributed by atoms with Gasteiger partial charge in [0.15, 0.2) is 11.5 Å². The first-order valence-corrected chi connectivity index (χ1v) is 10.4. The van der Waals surface area contributed by atoms with Crippen molar-refractivity contribution in [2.24, 2.45) is 0 Å². The minimum atomic E-state index is -0.520. The van der Waals surface area contributed by atoms with Crippen LogP contribution in [0.5, 0.6) is 11.5 Å². The number of hydrogen-bond acceptors (Lipinski definition) is 6. The van der Waals surface area contributed by atoms with E-state index in [-0.39, 0.29) is 10.7 Å². The van der Waals surface area contributed by atoms with Crippen LogP contribution in [-0.2, 0) is 4.79 Å². The van der Waals surface area contributed by atoms with Crippen LogP contribution in [0.25, 0.3) is 16.8 Å². The normalized spacial score (nSPS) is 14.8. The van der Waals surface area contributed by atoms with Gasteiger partial charge in [-0.15, -0.1) is 0 Å². The highest BCUT2D eigenvalue weighted by atomic mass is 79.9. The maximum Gasteiger partial charge on any atom is 0.344 e. The van der Waals surface area contributed by atoms with Gasteiger partial charge < -0.3 is 9.47 Å². The molecule has 0 aliphatic carbocycles. The molecule has 0 radical (unpaired) electrons. The SMILES string of the molecule is COc1cc(/C=C2\SC(=O)NC2=O)cc(Br)c1OC(=O)c1cccc2ccccc12. The predicted octanol–water partition coefficient (Wildman–Crippen LogP) is 5.15. The number of benzene rings is 3. The summed E-state index contributed by atoms with van der Waals surface area (Å²) in [5.41, 5.74) is 1.04. The molecule has 0 aromatic heterocycles. The van der Waals surface area contributed by atoms with Gasteiger partial charge in [-0.25, -0.2) is 4.79 Å². The first kappa shape index (κ1) is 20.2. The zero-order valence-electron chi connectivity index (χ0n) is 15.6. The molecule has 3 aromatic carbocycles. The van der Waals surface area contributed by atoms with E-state index in [9.17, 15) is 14.4 Å². The lowest BCUT2D eigenvalue weighted by atomic mass is 10.0. The molecule has 0 bridgehead atoms. The molecule has 150 valence electrons. The average molecular weight is 484 g/mol. The molecular formula is C22H14BrNO5S. The molecule has 3 aromatic rings. The standard InChI is InChI=1S/C22H14BrNO5S/c1-28-17-10-12(11-18-20(25)24-22(27)30-18)9-16(23)19(17)29-21(26)15-8-4-6-13-5-2-3-7-14(13)15/h2-11H,1H3,(H,24,25,27)/b18-11-. The molecule has 1 saturated heterocycles. The number of thioether (sulfide) groups is 1. The smallest absolute Gasteiger partial charge is 0.344 e. The van der Waals surface area contributed by atoms with Crippen molar-refractivity contribution in [1.82, 2.24) is 5.32 Å². The lowest BCUT2D eigenvalue weighted by Gasteiger charge is -2.13. The summed E-state index contributed by atoms with van der Waals surface area (Å²) in [6, 6.07) is 16.3.